The van der Waals surface area contributed by atoms with Crippen LogP contribution in [0.5, 0.6) is 0 Å². The second kappa shape index (κ2) is 13.4. The molecule has 0 saturated carbocycles. The maximum atomic E-state index is 12.6. The lowest BCUT2D eigenvalue weighted by Gasteiger charge is -2.22. The van der Waals surface area contributed by atoms with Gasteiger partial charge in [0.05, 0.1) is 27.0 Å². The number of amides is 2. The molecule has 0 aliphatic carbocycles. The van der Waals surface area contributed by atoms with Crippen molar-refractivity contribution in [3.8, 4) is 0 Å². The van der Waals surface area contributed by atoms with E-state index in [4.69, 9.17) is 9.47 Å². The van der Waals surface area contributed by atoms with Crippen molar-refractivity contribution in [1.29, 1.82) is 0 Å². The molecule has 0 unspecified atom stereocenters. The zero-order chi connectivity index (χ0) is 21.7. The van der Waals surface area contributed by atoms with Crippen LogP contribution < -0.4 is 10.1 Å². The Kier molecular flexibility index (Phi) is 11.7. The highest BCUT2D eigenvalue weighted by molar-refractivity contribution is 6.88. The Balaban J connectivity index is 2.81. The van der Waals surface area contributed by atoms with Gasteiger partial charge in [0.25, 0.3) is 0 Å². The maximum Gasteiger partial charge on any atom is 0.424 e. The van der Waals surface area contributed by atoms with Crippen LogP contribution in [0.25, 0.3) is 0 Å². The molecule has 29 heavy (non-hydrogen) atoms. The van der Waals surface area contributed by atoms with Crippen LogP contribution in [0.1, 0.15) is 65.2 Å². The second-order valence-electron chi connectivity index (χ2n) is 8.48. The Morgan fingerprint density at radius 3 is 1.59 bits per heavy atom. The first-order valence-corrected chi connectivity index (χ1v) is 14.6. The highest BCUT2D eigenvalue weighted by Gasteiger charge is 2.27. The number of carbonyl (C=O) groups is 2. The molecule has 1 aromatic rings. The monoisotopic (exact) mass is 421 g/mol. The molecular weight excluding hydrogens is 382 g/mol. The van der Waals surface area contributed by atoms with E-state index in [2.05, 4.69) is 33.5 Å². The smallest absolute Gasteiger partial charge is 0.424 e. The van der Waals surface area contributed by atoms with E-state index in [1.807, 2.05) is 24.3 Å². The summed E-state index contributed by atoms with van der Waals surface area (Å²) in [6, 6.07) is 7.61. The lowest BCUT2D eigenvalue weighted by atomic mass is 10.2. The molecule has 6 heteroatoms. The van der Waals surface area contributed by atoms with Crippen molar-refractivity contribution in [2.75, 3.05) is 18.1 Å². The Hall–Kier alpha value is -1.82. The predicted molar refractivity (Wildman–Crippen MR) is 123 cm³/mol. The second-order valence-corrected chi connectivity index (χ2v) is 13.6. The fourth-order valence-electron chi connectivity index (χ4n) is 2.90. The number of unbranched alkanes of at least 4 members (excludes halogenated alkanes) is 6. The first-order chi connectivity index (χ1) is 13.8. The van der Waals surface area contributed by atoms with Gasteiger partial charge in [0.15, 0.2) is 0 Å². The van der Waals surface area contributed by atoms with Crippen LogP contribution in [0, 0.1) is 0 Å². The fourth-order valence-corrected chi connectivity index (χ4v) is 4.07. The Bertz CT molecular complexity index is 584. The number of rotatable bonds is 12. The van der Waals surface area contributed by atoms with Gasteiger partial charge in [-0.25, -0.2) is 9.59 Å². The Labute approximate surface area is 177 Å². The van der Waals surface area contributed by atoms with E-state index in [1.54, 1.807) is 0 Å². The molecule has 0 aliphatic heterocycles. The molecule has 0 radical (unpaired) electrons. The van der Waals surface area contributed by atoms with Gasteiger partial charge in [0.1, 0.15) is 0 Å². The third kappa shape index (κ3) is 9.48. The van der Waals surface area contributed by atoms with Crippen LogP contribution in [0.15, 0.2) is 24.3 Å². The third-order valence-corrected chi connectivity index (χ3v) is 6.87. The summed E-state index contributed by atoms with van der Waals surface area (Å²) in [5, 5.41) is 1.27. The number of hydrogen-bond donors (Lipinski definition) is 0. The van der Waals surface area contributed by atoms with Crippen LogP contribution in [0.4, 0.5) is 15.3 Å². The van der Waals surface area contributed by atoms with Crippen LogP contribution in [-0.4, -0.2) is 33.5 Å². The molecule has 0 bridgehead atoms. The quantitative estimate of drug-likeness (QED) is 0.286. The maximum absolute atomic E-state index is 12.6. The van der Waals surface area contributed by atoms with Crippen molar-refractivity contribution in [2.45, 2.75) is 84.9 Å². The van der Waals surface area contributed by atoms with Gasteiger partial charge >= 0.3 is 12.2 Å². The molecule has 0 spiro atoms. The number of imide groups is 1. The van der Waals surface area contributed by atoms with E-state index in [0.717, 1.165) is 56.3 Å². The van der Waals surface area contributed by atoms with Crippen LogP contribution in [0.2, 0.25) is 19.6 Å². The van der Waals surface area contributed by atoms with Crippen molar-refractivity contribution in [3.63, 3.8) is 0 Å². The summed E-state index contributed by atoms with van der Waals surface area (Å²) >= 11 is 0. The topological polar surface area (TPSA) is 55.8 Å². The molecule has 1 rings (SSSR count). The number of hydrogen-bond acceptors (Lipinski definition) is 4. The van der Waals surface area contributed by atoms with E-state index in [0.29, 0.717) is 18.9 Å². The molecule has 0 saturated heterocycles. The van der Waals surface area contributed by atoms with E-state index < -0.39 is 20.3 Å². The lowest BCUT2D eigenvalue weighted by molar-refractivity contribution is 0.132. The Morgan fingerprint density at radius 2 is 1.21 bits per heavy atom. The van der Waals surface area contributed by atoms with Gasteiger partial charge in [-0.05, 0) is 25.0 Å². The summed E-state index contributed by atoms with van der Waals surface area (Å²) in [5.74, 6) is 0. The zero-order valence-electron chi connectivity index (χ0n) is 19.0. The molecule has 0 heterocycles. The van der Waals surface area contributed by atoms with E-state index in [-0.39, 0.29) is 0 Å². The highest BCUT2D eigenvalue weighted by Crippen LogP contribution is 2.18. The van der Waals surface area contributed by atoms with E-state index in [9.17, 15) is 9.59 Å². The number of anilines is 1. The van der Waals surface area contributed by atoms with Crippen molar-refractivity contribution in [2.24, 2.45) is 0 Å². The van der Waals surface area contributed by atoms with Crippen molar-refractivity contribution in [3.05, 3.63) is 24.3 Å². The van der Waals surface area contributed by atoms with Crippen LogP contribution in [0.3, 0.4) is 0 Å². The molecule has 2 amide bonds. The number of carbonyl (C=O) groups excluding carboxylic acids is 2. The summed E-state index contributed by atoms with van der Waals surface area (Å²) in [7, 11) is -1.46. The van der Waals surface area contributed by atoms with Gasteiger partial charge in [-0.1, -0.05) is 89.3 Å². The molecule has 0 aliphatic rings. The molecule has 0 aromatic heterocycles. The minimum Gasteiger partial charge on any atom is -0.449 e. The number of benzene rings is 1. The van der Waals surface area contributed by atoms with Crippen LogP contribution in [-0.2, 0) is 9.47 Å². The third-order valence-electron chi connectivity index (χ3n) is 4.80. The Morgan fingerprint density at radius 1 is 0.759 bits per heavy atom. The molecule has 1 aromatic carbocycles. The van der Waals surface area contributed by atoms with E-state index in [1.165, 1.54) is 5.19 Å². The lowest BCUT2D eigenvalue weighted by Crippen LogP contribution is -2.40. The first kappa shape index (κ1) is 25.2. The van der Waals surface area contributed by atoms with Crippen molar-refractivity contribution < 1.29 is 19.1 Å². The minimum atomic E-state index is -1.46. The summed E-state index contributed by atoms with van der Waals surface area (Å²) in [6.45, 7) is 11.7. The SMILES string of the molecule is CCCCCCOC(=O)N(C(=O)OCCCCCC)c1ccc([Si](C)(C)C)cc1. The van der Waals surface area contributed by atoms with Gasteiger partial charge in [-0.3, -0.25) is 0 Å². The molecule has 164 valence electrons. The van der Waals surface area contributed by atoms with Crippen molar-refractivity contribution >= 4 is 31.1 Å². The van der Waals surface area contributed by atoms with Crippen LogP contribution >= 0.6 is 0 Å². The normalized spacial score (nSPS) is 11.2. The zero-order valence-corrected chi connectivity index (χ0v) is 20.0. The minimum absolute atomic E-state index is 0.312. The standard InChI is InChI=1S/C23H39NO4Si/c1-6-8-10-12-18-27-22(25)24(23(26)28-19-13-11-9-7-2)20-14-16-21(17-15-20)29(3,4)5/h14-17H,6-13,18-19H2,1-5H3. The van der Waals surface area contributed by atoms with Gasteiger partial charge in [-0.2, -0.15) is 4.90 Å². The fraction of sp³-hybridized carbons (Fsp3) is 0.652. The predicted octanol–water partition coefficient (Wildman–Crippen LogP) is 6.47. The van der Waals surface area contributed by atoms with E-state index >= 15 is 0 Å². The molecule has 0 N–H and O–H groups in total. The van der Waals surface area contributed by atoms with Crippen molar-refractivity contribution in [1.82, 2.24) is 0 Å². The first-order valence-electron chi connectivity index (χ1n) is 11.1. The average molecular weight is 422 g/mol. The van der Waals surface area contributed by atoms with Gasteiger partial charge < -0.3 is 9.47 Å². The number of nitrogens with zero attached hydrogens (tertiary/aromatic N) is 1. The molecular formula is C23H39NO4Si. The molecule has 0 atom stereocenters. The largest absolute Gasteiger partial charge is 0.449 e. The summed E-state index contributed by atoms with van der Waals surface area (Å²) in [4.78, 5) is 26.3. The van der Waals surface area contributed by atoms with Gasteiger partial charge in [0.2, 0.25) is 0 Å². The van der Waals surface area contributed by atoms with Gasteiger partial charge in [-0.15, -0.1) is 0 Å². The summed E-state index contributed by atoms with van der Waals surface area (Å²) in [5.41, 5.74) is 0.490. The molecule has 0 fully saturated rings. The average Bonchev–Trinajstić information content (AvgIpc) is 2.67. The summed E-state index contributed by atoms with van der Waals surface area (Å²) < 4.78 is 10.7. The summed E-state index contributed by atoms with van der Waals surface area (Å²) in [6.07, 6.45) is 6.75. The number of ether oxygens (including phenoxy) is 2. The highest BCUT2D eigenvalue weighted by atomic mass is 28.3. The van der Waals surface area contributed by atoms with Gasteiger partial charge in [0, 0.05) is 0 Å². The molecule has 5 nitrogen and oxygen atoms in total.